The van der Waals surface area contributed by atoms with Gasteiger partial charge in [0, 0.05) is 13.2 Å². The molecule has 2 heterocycles. The molecule has 1 aliphatic rings. The predicted octanol–water partition coefficient (Wildman–Crippen LogP) is -0.451. The van der Waals surface area contributed by atoms with E-state index in [1.54, 1.807) is 14.0 Å². The Bertz CT molecular complexity index is 674. The molecular weight excluding hydrogens is 296 g/mol. The number of piperazine rings is 1. The van der Waals surface area contributed by atoms with Gasteiger partial charge in [0.05, 0.1) is 6.54 Å². The second kappa shape index (κ2) is 5.78. The maximum absolute atomic E-state index is 12.7. The lowest BCUT2D eigenvalue weighted by Gasteiger charge is -2.32. The van der Waals surface area contributed by atoms with E-state index < -0.39 is 27.9 Å². The highest BCUT2D eigenvalue weighted by atomic mass is 32.2. The molecule has 21 heavy (non-hydrogen) atoms. The van der Waals surface area contributed by atoms with E-state index in [-0.39, 0.29) is 23.7 Å². The van der Waals surface area contributed by atoms with E-state index in [0.29, 0.717) is 0 Å². The number of nitrogens with one attached hydrogen (secondary N) is 2. The quantitative estimate of drug-likeness (QED) is 0.729. The molecule has 1 saturated heterocycles. The van der Waals surface area contributed by atoms with Crippen LogP contribution in [0.3, 0.4) is 0 Å². The smallest absolute Gasteiger partial charge is 0.247 e. The van der Waals surface area contributed by atoms with Crippen molar-refractivity contribution in [3.8, 4) is 0 Å². The third kappa shape index (κ3) is 2.74. The van der Waals surface area contributed by atoms with Crippen molar-refractivity contribution in [3.05, 3.63) is 18.3 Å². The van der Waals surface area contributed by atoms with E-state index in [0.717, 1.165) is 4.31 Å². The summed E-state index contributed by atoms with van der Waals surface area (Å²) >= 11 is 0. The van der Waals surface area contributed by atoms with Gasteiger partial charge >= 0.3 is 0 Å². The fourth-order valence-corrected chi connectivity index (χ4v) is 3.97. The van der Waals surface area contributed by atoms with Crippen LogP contribution in [-0.4, -0.2) is 49.2 Å². The van der Waals surface area contributed by atoms with Gasteiger partial charge in [-0.2, -0.15) is 4.31 Å². The molecule has 2 amide bonds. The van der Waals surface area contributed by atoms with Gasteiger partial charge in [-0.3, -0.25) is 14.9 Å². The van der Waals surface area contributed by atoms with Gasteiger partial charge in [0.2, 0.25) is 21.8 Å². The Kier molecular flexibility index (Phi) is 4.24. The molecule has 1 aromatic rings. The largest absolute Gasteiger partial charge is 0.372 e. The summed E-state index contributed by atoms with van der Waals surface area (Å²) in [6.07, 6.45) is 1.73. The summed E-state index contributed by atoms with van der Waals surface area (Å²) in [5.41, 5.74) is 0. The molecule has 0 aliphatic carbocycles. The van der Waals surface area contributed by atoms with E-state index in [2.05, 4.69) is 15.6 Å². The molecule has 2 N–H and O–H groups in total. The van der Waals surface area contributed by atoms with Crippen molar-refractivity contribution in [2.45, 2.75) is 24.3 Å². The molecule has 0 spiro atoms. The second-order valence-electron chi connectivity index (χ2n) is 4.49. The number of amides is 2. The highest BCUT2D eigenvalue weighted by Gasteiger charge is 2.41. The summed E-state index contributed by atoms with van der Waals surface area (Å²) in [5, 5.41) is 4.84. The Hall–Kier alpha value is -2.00. The summed E-state index contributed by atoms with van der Waals surface area (Å²) in [6, 6.07) is 1.97. The van der Waals surface area contributed by atoms with Crippen LogP contribution >= 0.6 is 0 Å². The number of nitrogens with zero attached hydrogens (tertiary/aromatic N) is 2. The van der Waals surface area contributed by atoms with Gasteiger partial charge in [-0.05, 0) is 18.6 Å². The van der Waals surface area contributed by atoms with Crippen molar-refractivity contribution >= 4 is 27.7 Å². The standard InChI is InChI=1S/C12H16N4O4S/c1-3-8-12(18)15-10(17)7-16(8)21(19,20)9-5-4-6-14-11(9)13-2/h4-6,8H,3,7H2,1-2H3,(H,13,14)(H,15,17,18). The molecule has 1 atom stereocenters. The predicted molar refractivity (Wildman–Crippen MR) is 74.9 cm³/mol. The lowest BCUT2D eigenvalue weighted by atomic mass is 10.2. The molecule has 114 valence electrons. The van der Waals surface area contributed by atoms with E-state index in [1.165, 1.54) is 18.3 Å². The van der Waals surface area contributed by atoms with Crippen LogP contribution in [0.15, 0.2) is 23.2 Å². The van der Waals surface area contributed by atoms with Crippen LogP contribution in [0.5, 0.6) is 0 Å². The molecule has 1 aromatic heterocycles. The number of aromatic nitrogens is 1. The van der Waals surface area contributed by atoms with Crippen LogP contribution in [0.1, 0.15) is 13.3 Å². The zero-order chi connectivity index (χ0) is 15.6. The molecule has 8 nitrogen and oxygen atoms in total. The van der Waals surface area contributed by atoms with Gasteiger partial charge in [-0.1, -0.05) is 6.92 Å². The van der Waals surface area contributed by atoms with Crippen LogP contribution in [-0.2, 0) is 19.6 Å². The number of anilines is 1. The Morgan fingerprint density at radius 1 is 1.48 bits per heavy atom. The maximum Gasteiger partial charge on any atom is 0.247 e. The van der Waals surface area contributed by atoms with Crippen LogP contribution in [0.25, 0.3) is 0 Å². The molecular formula is C12H16N4O4S. The Morgan fingerprint density at radius 2 is 2.19 bits per heavy atom. The molecule has 2 rings (SSSR count). The summed E-state index contributed by atoms with van der Waals surface area (Å²) in [7, 11) is -2.46. The van der Waals surface area contributed by atoms with Gasteiger partial charge < -0.3 is 5.32 Å². The average Bonchev–Trinajstić information content (AvgIpc) is 2.46. The first-order chi connectivity index (χ1) is 9.91. The highest BCUT2D eigenvalue weighted by molar-refractivity contribution is 7.89. The van der Waals surface area contributed by atoms with Gasteiger partial charge in [-0.25, -0.2) is 13.4 Å². The maximum atomic E-state index is 12.7. The van der Waals surface area contributed by atoms with E-state index in [1.807, 2.05) is 0 Å². The summed E-state index contributed by atoms with van der Waals surface area (Å²) < 4.78 is 26.4. The van der Waals surface area contributed by atoms with Crippen LogP contribution < -0.4 is 10.6 Å². The Labute approximate surface area is 122 Å². The van der Waals surface area contributed by atoms with E-state index >= 15 is 0 Å². The zero-order valence-corrected chi connectivity index (χ0v) is 12.5. The SMILES string of the molecule is CCC1C(=O)NC(=O)CN1S(=O)(=O)c1cccnc1NC. The minimum absolute atomic E-state index is 0.0616. The normalized spacial score (nSPS) is 20.2. The second-order valence-corrected chi connectivity index (χ2v) is 6.35. The topological polar surface area (TPSA) is 108 Å². The average molecular weight is 312 g/mol. The van der Waals surface area contributed by atoms with E-state index in [4.69, 9.17) is 0 Å². The van der Waals surface area contributed by atoms with Crippen molar-refractivity contribution in [1.29, 1.82) is 0 Å². The summed E-state index contributed by atoms with van der Waals surface area (Å²) in [5.74, 6) is -1.07. The third-order valence-corrected chi connectivity index (χ3v) is 5.08. The first-order valence-electron chi connectivity index (χ1n) is 6.40. The highest BCUT2D eigenvalue weighted by Crippen LogP contribution is 2.25. The first kappa shape index (κ1) is 15.4. The molecule has 9 heteroatoms. The lowest BCUT2D eigenvalue weighted by molar-refractivity contribution is -0.137. The molecule has 0 radical (unpaired) electrons. The fraction of sp³-hybridized carbons (Fsp3) is 0.417. The number of sulfonamides is 1. The monoisotopic (exact) mass is 312 g/mol. The Morgan fingerprint density at radius 3 is 2.81 bits per heavy atom. The van der Waals surface area contributed by atoms with Crippen LogP contribution in [0.4, 0.5) is 5.82 Å². The summed E-state index contributed by atoms with van der Waals surface area (Å²) in [4.78, 5) is 27.2. The van der Waals surface area contributed by atoms with Crippen LogP contribution in [0.2, 0.25) is 0 Å². The van der Waals surface area contributed by atoms with Gasteiger partial charge in [0.25, 0.3) is 0 Å². The van der Waals surface area contributed by atoms with Crippen molar-refractivity contribution < 1.29 is 18.0 Å². The number of hydrogen-bond donors (Lipinski definition) is 2. The fourth-order valence-electron chi connectivity index (χ4n) is 2.20. The first-order valence-corrected chi connectivity index (χ1v) is 7.84. The zero-order valence-electron chi connectivity index (χ0n) is 11.7. The van der Waals surface area contributed by atoms with E-state index in [9.17, 15) is 18.0 Å². The molecule has 0 saturated carbocycles. The van der Waals surface area contributed by atoms with Crippen molar-refractivity contribution in [2.24, 2.45) is 0 Å². The number of rotatable bonds is 4. The molecule has 1 fully saturated rings. The molecule has 0 aromatic carbocycles. The molecule has 1 aliphatic heterocycles. The van der Waals surface area contributed by atoms with Crippen molar-refractivity contribution in [3.63, 3.8) is 0 Å². The number of pyridine rings is 1. The van der Waals surface area contributed by atoms with Crippen molar-refractivity contribution in [2.75, 3.05) is 18.9 Å². The minimum atomic E-state index is -4.01. The van der Waals surface area contributed by atoms with Gasteiger partial charge in [-0.15, -0.1) is 0 Å². The molecule has 0 bridgehead atoms. The Balaban J connectivity index is 2.51. The number of carbonyl (C=O) groups is 2. The third-order valence-electron chi connectivity index (χ3n) is 3.19. The molecule has 1 unspecified atom stereocenters. The summed E-state index contributed by atoms with van der Waals surface area (Å²) in [6.45, 7) is 1.30. The van der Waals surface area contributed by atoms with Crippen LogP contribution in [0, 0.1) is 0 Å². The van der Waals surface area contributed by atoms with Gasteiger partial charge in [0.15, 0.2) is 0 Å². The number of imide groups is 1. The minimum Gasteiger partial charge on any atom is -0.372 e. The van der Waals surface area contributed by atoms with Crippen molar-refractivity contribution in [1.82, 2.24) is 14.6 Å². The number of hydrogen-bond acceptors (Lipinski definition) is 6. The number of carbonyl (C=O) groups excluding carboxylic acids is 2. The lowest BCUT2D eigenvalue weighted by Crippen LogP contribution is -2.59. The van der Waals surface area contributed by atoms with Gasteiger partial charge in [0.1, 0.15) is 16.8 Å².